The van der Waals surface area contributed by atoms with E-state index in [1.807, 2.05) is 35.2 Å². The molecule has 1 unspecified atom stereocenters. The van der Waals surface area contributed by atoms with Gasteiger partial charge < -0.3 is 9.64 Å². The topological polar surface area (TPSA) is 29.5 Å². The van der Waals surface area contributed by atoms with Crippen molar-refractivity contribution < 1.29 is 9.53 Å². The van der Waals surface area contributed by atoms with E-state index >= 15 is 0 Å². The first-order valence-corrected chi connectivity index (χ1v) is 8.37. The molecule has 1 aliphatic carbocycles. The van der Waals surface area contributed by atoms with Gasteiger partial charge in [-0.1, -0.05) is 46.3 Å². The molecule has 1 aromatic carbocycles. The third-order valence-corrected chi connectivity index (χ3v) is 5.55. The summed E-state index contributed by atoms with van der Waals surface area (Å²) < 4.78 is 5.39. The van der Waals surface area contributed by atoms with Crippen LogP contribution in [0.1, 0.15) is 24.8 Å². The molecule has 0 aromatic heterocycles. The van der Waals surface area contributed by atoms with Gasteiger partial charge in [0.25, 0.3) is 0 Å². The molecule has 0 bridgehead atoms. The van der Waals surface area contributed by atoms with Crippen LogP contribution in [0.25, 0.3) is 0 Å². The van der Waals surface area contributed by atoms with E-state index in [9.17, 15) is 4.79 Å². The van der Waals surface area contributed by atoms with E-state index in [-0.39, 0.29) is 6.09 Å². The average Bonchev–Trinajstić information content (AvgIpc) is 3.19. The first kappa shape index (κ1) is 13.9. The molecular weight excluding hydrogens is 318 g/mol. The number of hydrogen-bond donors (Lipinski definition) is 0. The fourth-order valence-corrected chi connectivity index (χ4v) is 4.12. The van der Waals surface area contributed by atoms with Crippen LogP contribution in [0.2, 0.25) is 0 Å². The lowest BCUT2D eigenvalue weighted by molar-refractivity contribution is 0.0783. The largest absolute Gasteiger partial charge is 0.445 e. The van der Waals surface area contributed by atoms with Crippen molar-refractivity contribution in [3.05, 3.63) is 35.9 Å². The third-order valence-electron chi connectivity index (χ3n) is 4.77. The van der Waals surface area contributed by atoms with E-state index in [0.29, 0.717) is 12.0 Å². The summed E-state index contributed by atoms with van der Waals surface area (Å²) in [6.07, 6.45) is 3.42. The fourth-order valence-electron chi connectivity index (χ4n) is 3.21. The van der Waals surface area contributed by atoms with Gasteiger partial charge in [0.15, 0.2) is 0 Å². The Bertz CT molecular complexity index is 469. The van der Waals surface area contributed by atoms with Gasteiger partial charge in [-0.15, -0.1) is 0 Å². The number of nitrogens with zero attached hydrogens (tertiary/aromatic N) is 1. The molecule has 1 heterocycles. The average molecular weight is 338 g/mol. The minimum atomic E-state index is -0.167. The van der Waals surface area contributed by atoms with Gasteiger partial charge in [0, 0.05) is 18.4 Å². The molecule has 1 aromatic rings. The summed E-state index contributed by atoms with van der Waals surface area (Å²) in [4.78, 5) is 13.9. The lowest BCUT2D eigenvalue weighted by Gasteiger charge is -2.32. The number of amides is 1. The normalized spacial score (nSPS) is 23.6. The molecule has 108 valence electrons. The first-order valence-electron chi connectivity index (χ1n) is 7.25. The van der Waals surface area contributed by atoms with Gasteiger partial charge in [0.2, 0.25) is 0 Å². The lowest BCUT2D eigenvalue weighted by Crippen LogP contribution is -2.39. The van der Waals surface area contributed by atoms with Gasteiger partial charge in [-0.2, -0.15) is 0 Å². The predicted octanol–water partition coefficient (Wildman–Crippen LogP) is 3.82. The highest BCUT2D eigenvalue weighted by Gasteiger charge is 2.54. The summed E-state index contributed by atoms with van der Waals surface area (Å²) in [5, 5.41) is 1.10. The molecular formula is C16H20BrNO2. The second-order valence-electron chi connectivity index (χ2n) is 5.94. The zero-order chi connectivity index (χ0) is 14.0. The lowest BCUT2D eigenvalue weighted by atomic mass is 9.91. The van der Waals surface area contributed by atoms with Crippen molar-refractivity contribution in [1.29, 1.82) is 0 Å². The summed E-state index contributed by atoms with van der Waals surface area (Å²) >= 11 is 3.58. The zero-order valence-electron chi connectivity index (χ0n) is 11.6. The highest BCUT2D eigenvalue weighted by Crippen LogP contribution is 2.59. The Morgan fingerprint density at radius 3 is 2.60 bits per heavy atom. The summed E-state index contributed by atoms with van der Waals surface area (Å²) in [5.74, 6) is 0.824. The third kappa shape index (κ3) is 2.85. The van der Waals surface area contributed by atoms with Crippen molar-refractivity contribution in [3.63, 3.8) is 0 Å². The van der Waals surface area contributed by atoms with Crippen molar-refractivity contribution in [2.24, 2.45) is 11.3 Å². The molecule has 1 saturated carbocycles. The molecule has 1 spiro atoms. The van der Waals surface area contributed by atoms with Crippen LogP contribution < -0.4 is 0 Å². The second-order valence-corrected chi connectivity index (χ2v) is 6.59. The van der Waals surface area contributed by atoms with Gasteiger partial charge >= 0.3 is 6.09 Å². The van der Waals surface area contributed by atoms with E-state index < -0.39 is 0 Å². The van der Waals surface area contributed by atoms with E-state index in [2.05, 4.69) is 15.9 Å². The fraction of sp³-hybridized carbons (Fsp3) is 0.562. The van der Waals surface area contributed by atoms with Crippen LogP contribution in [0.3, 0.4) is 0 Å². The van der Waals surface area contributed by atoms with Crippen molar-refractivity contribution in [2.75, 3.05) is 18.4 Å². The maximum absolute atomic E-state index is 12.0. The van der Waals surface area contributed by atoms with Crippen LogP contribution in [0.5, 0.6) is 0 Å². The second kappa shape index (κ2) is 5.76. The van der Waals surface area contributed by atoms with Crippen molar-refractivity contribution in [1.82, 2.24) is 4.90 Å². The van der Waals surface area contributed by atoms with Crippen molar-refractivity contribution in [3.8, 4) is 0 Å². The molecule has 0 N–H and O–H groups in total. The molecule has 1 aliphatic heterocycles. The highest BCUT2D eigenvalue weighted by atomic mass is 79.9. The van der Waals surface area contributed by atoms with Crippen LogP contribution in [0.15, 0.2) is 30.3 Å². The van der Waals surface area contributed by atoms with Crippen molar-refractivity contribution in [2.45, 2.75) is 25.9 Å². The minimum absolute atomic E-state index is 0.167. The number of halogens is 1. The summed E-state index contributed by atoms with van der Waals surface area (Å²) in [6, 6.07) is 9.83. The monoisotopic (exact) mass is 337 g/mol. The first-order chi connectivity index (χ1) is 9.73. The van der Waals surface area contributed by atoms with Gasteiger partial charge in [0.05, 0.1) is 0 Å². The summed E-state index contributed by atoms with van der Waals surface area (Å²) in [5.41, 5.74) is 1.57. The number of alkyl halides is 1. The van der Waals surface area contributed by atoms with Crippen LogP contribution in [0, 0.1) is 11.3 Å². The van der Waals surface area contributed by atoms with Crippen LogP contribution in [-0.2, 0) is 11.3 Å². The molecule has 1 atom stereocenters. The number of benzene rings is 1. The maximum Gasteiger partial charge on any atom is 0.410 e. The minimum Gasteiger partial charge on any atom is -0.445 e. The number of hydrogen-bond acceptors (Lipinski definition) is 2. The molecule has 3 nitrogen and oxygen atoms in total. The van der Waals surface area contributed by atoms with E-state index in [0.717, 1.165) is 42.7 Å². The summed E-state index contributed by atoms with van der Waals surface area (Å²) in [6.45, 7) is 2.06. The molecule has 1 saturated heterocycles. The number of likely N-dealkylation sites (tertiary alicyclic amines) is 1. The molecule has 1 amide bonds. The van der Waals surface area contributed by atoms with Gasteiger partial charge in [-0.3, -0.25) is 0 Å². The Morgan fingerprint density at radius 2 is 2.00 bits per heavy atom. The van der Waals surface area contributed by atoms with Gasteiger partial charge in [0.1, 0.15) is 6.61 Å². The summed E-state index contributed by atoms with van der Waals surface area (Å²) in [7, 11) is 0. The number of rotatable bonds is 3. The Balaban J connectivity index is 1.45. The van der Waals surface area contributed by atoms with Crippen LogP contribution >= 0.6 is 15.9 Å². The number of carbonyl (C=O) groups excluding carboxylic acids is 1. The smallest absolute Gasteiger partial charge is 0.410 e. The Kier molecular flexibility index (Phi) is 4.01. The van der Waals surface area contributed by atoms with Gasteiger partial charge in [-0.05, 0) is 36.2 Å². The maximum atomic E-state index is 12.0. The van der Waals surface area contributed by atoms with E-state index in [1.165, 1.54) is 6.42 Å². The number of piperidine rings is 1. The molecule has 0 radical (unpaired) electrons. The molecule has 2 fully saturated rings. The molecule has 20 heavy (non-hydrogen) atoms. The Morgan fingerprint density at radius 1 is 1.30 bits per heavy atom. The standard InChI is InChI=1S/C16H20BrNO2/c17-11-14-10-16(14)6-8-18(9-7-16)15(19)20-12-13-4-2-1-3-5-13/h1-5,14H,6-12H2. The van der Waals surface area contributed by atoms with Crippen LogP contribution in [-0.4, -0.2) is 29.4 Å². The van der Waals surface area contributed by atoms with E-state index in [4.69, 9.17) is 4.74 Å². The Hall–Kier alpha value is -1.03. The number of ether oxygens (including phenoxy) is 1. The van der Waals surface area contributed by atoms with Gasteiger partial charge in [-0.25, -0.2) is 4.79 Å². The van der Waals surface area contributed by atoms with Crippen molar-refractivity contribution >= 4 is 22.0 Å². The predicted molar refractivity (Wildman–Crippen MR) is 81.8 cm³/mol. The SMILES string of the molecule is O=C(OCc1ccccc1)N1CCC2(CC1)CC2CBr. The van der Waals surface area contributed by atoms with Crippen LogP contribution in [0.4, 0.5) is 4.79 Å². The quantitative estimate of drug-likeness (QED) is 0.784. The molecule has 3 rings (SSSR count). The molecule has 2 aliphatic rings. The van der Waals surface area contributed by atoms with E-state index in [1.54, 1.807) is 0 Å². The number of carbonyl (C=O) groups is 1. The Labute approximate surface area is 128 Å². The zero-order valence-corrected chi connectivity index (χ0v) is 13.1. The molecule has 4 heteroatoms. The highest BCUT2D eigenvalue weighted by molar-refractivity contribution is 9.09.